The van der Waals surface area contributed by atoms with Gasteiger partial charge in [-0.25, -0.2) is 0 Å². The summed E-state index contributed by atoms with van der Waals surface area (Å²) in [5.74, 6) is 0.961. The molecule has 0 spiro atoms. The number of guanidine groups is 1. The van der Waals surface area contributed by atoms with E-state index in [0.717, 1.165) is 70.8 Å². The third kappa shape index (κ3) is 11.2. The highest BCUT2D eigenvalue weighted by atomic mass is 127. The lowest BCUT2D eigenvalue weighted by molar-refractivity contribution is -0.121. The lowest BCUT2D eigenvalue weighted by Gasteiger charge is -2.12. The Balaban J connectivity index is 0.00000338. The molecule has 1 atom stereocenters. The zero-order chi connectivity index (χ0) is 17.7. The normalized spacial score (nSPS) is 19.7. The predicted octanol–water partition coefficient (Wildman–Crippen LogP) is 1.80. The second-order valence-electron chi connectivity index (χ2n) is 6.70. The molecule has 7 nitrogen and oxygen atoms in total. The maximum atomic E-state index is 11.6. The lowest BCUT2D eigenvalue weighted by atomic mass is 10.2. The van der Waals surface area contributed by atoms with Crippen LogP contribution < -0.4 is 16.0 Å². The molecule has 1 unspecified atom stereocenters. The van der Waals surface area contributed by atoms with Crippen molar-refractivity contribution in [2.45, 2.75) is 64.0 Å². The Kier molecular flexibility index (Phi) is 13.0. The van der Waals surface area contributed by atoms with E-state index in [4.69, 9.17) is 9.47 Å². The fourth-order valence-electron chi connectivity index (χ4n) is 2.67. The van der Waals surface area contributed by atoms with Gasteiger partial charge in [-0.15, -0.1) is 24.0 Å². The molecule has 1 aliphatic heterocycles. The summed E-state index contributed by atoms with van der Waals surface area (Å²) in [5.41, 5.74) is 0. The molecule has 3 N–H and O–H groups in total. The van der Waals surface area contributed by atoms with Crippen LogP contribution >= 0.6 is 24.0 Å². The van der Waals surface area contributed by atoms with Gasteiger partial charge >= 0.3 is 0 Å². The molecule has 0 aromatic carbocycles. The molecule has 8 heteroatoms. The Labute approximate surface area is 174 Å². The van der Waals surface area contributed by atoms with Crippen molar-refractivity contribution >= 4 is 35.8 Å². The molecule has 152 valence electrons. The minimum absolute atomic E-state index is 0. The summed E-state index contributed by atoms with van der Waals surface area (Å²) >= 11 is 0. The molecule has 0 aromatic rings. The highest BCUT2D eigenvalue weighted by Gasteiger charge is 2.22. The van der Waals surface area contributed by atoms with E-state index < -0.39 is 0 Å². The van der Waals surface area contributed by atoms with Gasteiger partial charge in [-0.2, -0.15) is 0 Å². The quantitative estimate of drug-likeness (QED) is 0.171. The van der Waals surface area contributed by atoms with E-state index in [9.17, 15) is 4.79 Å². The average Bonchev–Trinajstić information content (AvgIpc) is 3.25. The first kappa shape index (κ1) is 23.4. The molecule has 1 heterocycles. The SMILES string of the molecule is CCNC(=NCCCC(=O)NC1CC1)NCCCOCC1CCCO1.I. The van der Waals surface area contributed by atoms with E-state index in [1.54, 1.807) is 0 Å². The van der Waals surface area contributed by atoms with Crippen molar-refractivity contribution in [3.63, 3.8) is 0 Å². The highest BCUT2D eigenvalue weighted by molar-refractivity contribution is 14.0. The number of carbonyl (C=O) groups is 1. The van der Waals surface area contributed by atoms with Crippen molar-refractivity contribution in [1.29, 1.82) is 0 Å². The first-order chi connectivity index (χ1) is 12.3. The second kappa shape index (κ2) is 14.4. The number of hydrogen-bond acceptors (Lipinski definition) is 4. The van der Waals surface area contributed by atoms with Gasteiger partial charge in [-0.1, -0.05) is 0 Å². The Morgan fingerprint density at radius 1 is 1.23 bits per heavy atom. The number of rotatable bonds is 12. The van der Waals surface area contributed by atoms with Crippen LogP contribution in [0.5, 0.6) is 0 Å². The van der Waals surface area contributed by atoms with E-state index in [1.807, 2.05) is 6.92 Å². The number of hydrogen-bond donors (Lipinski definition) is 3. The van der Waals surface area contributed by atoms with Crippen LogP contribution in [-0.2, 0) is 14.3 Å². The summed E-state index contributed by atoms with van der Waals surface area (Å²) in [6, 6.07) is 0.442. The number of carbonyl (C=O) groups excluding carboxylic acids is 1. The van der Waals surface area contributed by atoms with Crippen LogP contribution in [-0.4, -0.2) is 63.5 Å². The zero-order valence-corrected chi connectivity index (χ0v) is 18.3. The van der Waals surface area contributed by atoms with Gasteiger partial charge in [0.15, 0.2) is 5.96 Å². The number of halogens is 1. The number of amides is 1. The van der Waals surface area contributed by atoms with Crippen molar-refractivity contribution in [2.24, 2.45) is 4.99 Å². The van der Waals surface area contributed by atoms with Crippen molar-refractivity contribution < 1.29 is 14.3 Å². The van der Waals surface area contributed by atoms with Crippen LogP contribution in [0.4, 0.5) is 0 Å². The van der Waals surface area contributed by atoms with Gasteiger partial charge in [0.05, 0.1) is 12.7 Å². The van der Waals surface area contributed by atoms with Crippen molar-refractivity contribution in [3.8, 4) is 0 Å². The summed E-state index contributed by atoms with van der Waals surface area (Å²) in [7, 11) is 0. The Morgan fingerprint density at radius 3 is 2.77 bits per heavy atom. The maximum absolute atomic E-state index is 11.6. The third-order valence-electron chi connectivity index (χ3n) is 4.20. The summed E-state index contributed by atoms with van der Waals surface area (Å²) in [6.07, 6.45) is 7.10. The van der Waals surface area contributed by atoms with Crippen LogP contribution in [0.2, 0.25) is 0 Å². The minimum Gasteiger partial charge on any atom is -0.379 e. The molecule has 0 radical (unpaired) electrons. The Morgan fingerprint density at radius 2 is 2.08 bits per heavy atom. The molecule has 0 aromatic heterocycles. The molecule has 2 fully saturated rings. The van der Waals surface area contributed by atoms with E-state index in [0.29, 0.717) is 31.7 Å². The molecule has 26 heavy (non-hydrogen) atoms. The minimum atomic E-state index is 0. The van der Waals surface area contributed by atoms with Crippen molar-refractivity contribution in [3.05, 3.63) is 0 Å². The standard InChI is InChI=1S/C18H34N4O3.HI/c1-2-19-18(20-10-3-7-17(23)22-15-8-9-15)21-11-5-12-24-14-16-6-4-13-25-16;/h15-16H,2-14H2,1H3,(H,22,23)(H2,19,20,21);1H. The largest absolute Gasteiger partial charge is 0.379 e. The number of ether oxygens (including phenoxy) is 2. The molecular formula is C18H35IN4O3. The van der Waals surface area contributed by atoms with Gasteiger partial charge in [0.1, 0.15) is 0 Å². The molecule has 2 aliphatic rings. The maximum Gasteiger partial charge on any atom is 0.220 e. The summed E-state index contributed by atoms with van der Waals surface area (Å²) in [5, 5.41) is 9.53. The third-order valence-corrected chi connectivity index (χ3v) is 4.20. The Bertz CT molecular complexity index is 413. The lowest BCUT2D eigenvalue weighted by Crippen LogP contribution is -2.38. The van der Waals surface area contributed by atoms with Crippen LogP contribution in [0.1, 0.15) is 51.9 Å². The highest BCUT2D eigenvalue weighted by Crippen LogP contribution is 2.18. The van der Waals surface area contributed by atoms with Gasteiger partial charge in [0, 0.05) is 45.3 Å². The number of nitrogens with zero attached hydrogens (tertiary/aromatic N) is 1. The summed E-state index contributed by atoms with van der Waals surface area (Å²) < 4.78 is 11.2. The number of aliphatic imine (C=N–C) groups is 1. The van der Waals surface area contributed by atoms with Gasteiger partial charge in [0.25, 0.3) is 0 Å². The van der Waals surface area contributed by atoms with Crippen LogP contribution in [0.15, 0.2) is 4.99 Å². The monoisotopic (exact) mass is 482 g/mol. The van der Waals surface area contributed by atoms with E-state index in [1.165, 1.54) is 0 Å². The van der Waals surface area contributed by atoms with Gasteiger partial charge in [-0.05, 0) is 45.4 Å². The predicted molar refractivity (Wildman–Crippen MR) is 114 cm³/mol. The fourth-order valence-corrected chi connectivity index (χ4v) is 2.67. The average molecular weight is 482 g/mol. The smallest absolute Gasteiger partial charge is 0.220 e. The second-order valence-corrected chi connectivity index (χ2v) is 6.70. The topological polar surface area (TPSA) is 84.0 Å². The first-order valence-corrected chi connectivity index (χ1v) is 9.79. The van der Waals surface area contributed by atoms with E-state index in [2.05, 4.69) is 20.9 Å². The van der Waals surface area contributed by atoms with E-state index >= 15 is 0 Å². The first-order valence-electron chi connectivity index (χ1n) is 9.79. The molecule has 1 saturated carbocycles. The van der Waals surface area contributed by atoms with Crippen LogP contribution in [0.25, 0.3) is 0 Å². The molecule has 0 bridgehead atoms. The summed E-state index contributed by atoms with van der Waals surface area (Å²) in [6.45, 7) is 6.65. The molecular weight excluding hydrogens is 447 g/mol. The summed E-state index contributed by atoms with van der Waals surface area (Å²) in [4.78, 5) is 16.1. The molecule has 1 aliphatic carbocycles. The van der Waals surface area contributed by atoms with Crippen LogP contribution in [0.3, 0.4) is 0 Å². The van der Waals surface area contributed by atoms with Crippen LogP contribution in [0, 0.1) is 0 Å². The zero-order valence-electron chi connectivity index (χ0n) is 15.9. The molecule has 2 rings (SSSR count). The van der Waals surface area contributed by atoms with Gasteiger partial charge in [-0.3, -0.25) is 9.79 Å². The Hall–Kier alpha value is -0.610. The molecule has 1 amide bonds. The van der Waals surface area contributed by atoms with E-state index in [-0.39, 0.29) is 29.9 Å². The number of nitrogens with one attached hydrogen (secondary N) is 3. The molecule has 1 saturated heterocycles. The fraction of sp³-hybridized carbons (Fsp3) is 0.889. The van der Waals surface area contributed by atoms with Gasteiger partial charge < -0.3 is 25.4 Å². The van der Waals surface area contributed by atoms with Crippen molar-refractivity contribution in [1.82, 2.24) is 16.0 Å². The van der Waals surface area contributed by atoms with Crippen molar-refractivity contribution in [2.75, 3.05) is 39.5 Å². The van der Waals surface area contributed by atoms with Gasteiger partial charge in [0.2, 0.25) is 5.91 Å².